The van der Waals surface area contributed by atoms with Crippen molar-refractivity contribution in [2.45, 2.75) is 91.4 Å². The molecule has 33 heavy (non-hydrogen) atoms. The van der Waals surface area contributed by atoms with Crippen LogP contribution in [0, 0.1) is 17.8 Å². The van der Waals surface area contributed by atoms with E-state index in [1.165, 1.54) is 0 Å². The first-order valence-electron chi connectivity index (χ1n) is 11.4. The van der Waals surface area contributed by atoms with E-state index in [-0.39, 0.29) is 24.2 Å². The van der Waals surface area contributed by atoms with Crippen LogP contribution in [0.25, 0.3) is 0 Å². The average molecular weight is 472 g/mol. The molecular weight excluding hydrogens is 430 g/mol. The van der Waals surface area contributed by atoms with Crippen molar-refractivity contribution in [2.24, 2.45) is 29.2 Å². The maximum atomic E-state index is 13.0. The second-order valence-corrected chi connectivity index (χ2v) is 9.37. The number of hydrogen-bond donors (Lipinski definition) is 6. The SMILES string of the molecule is CCC(C)C(NC(=O)C(N)CC(C)C)C(=O)NC(CC(N)=O)C(=O)NC(CC(C)C)C(=O)O. The molecule has 0 bridgehead atoms. The molecule has 0 rings (SSSR count). The van der Waals surface area contributed by atoms with E-state index in [0.717, 1.165) is 0 Å². The van der Waals surface area contributed by atoms with Crippen molar-refractivity contribution >= 4 is 29.6 Å². The summed E-state index contributed by atoms with van der Waals surface area (Å²) < 4.78 is 0. The Kier molecular flexibility index (Phi) is 13.3. The molecule has 0 aromatic carbocycles. The summed E-state index contributed by atoms with van der Waals surface area (Å²) in [4.78, 5) is 61.2. The number of amides is 4. The number of rotatable bonds is 15. The molecular formula is C22H41N5O6. The van der Waals surface area contributed by atoms with Crippen molar-refractivity contribution < 1.29 is 29.1 Å². The maximum Gasteiger partial charge on any atom is 0.326 e. The van der Waals surface area contributed by atoms with Gasteiger partial charge in [0.25, 0.3) is 0 Å². The van der Waals surface area contributed by atoms with E-state index in [2.05, 4.69) is 16.0 Å². The van der Waals surface area contributed by atoms with E-state index < -0.39 is 60.2 Å². The number of carbonyl (C=O) groups is 5. The molecule has 190 valence electrons. The number of primary amides is 1. The summed E-state index contributed by atoms with van der Waals surface area (Å²) >= 11 is 0. The van der Waals surface area contributed by atoms with E-state index in [4.69, 9.17) is 11.5 Å². The van der Waals surface area contributed by atoms with E-state index in [1.54, 1.807) is 20.8 Å². The molecule has 0 aliphatic carbocycles. The Labute approximate surface area is 195 Å². The van der Waals surface area contributed by atoms with Crippen LogP contribution in [0.3, 0.4) is 0 Å². The minimum absolute atomic E-state index is 0.0179. The molecule has 0 aliphatic rings. The second-order valence-electron chi connectivity index (χ2n) is 9.37. The standard InChI is InChI=1S/C22H41N5O6/c1-7-13(6)18(27-19(29)14(23)8-11(2)3)21(31)25-15(10-17(24)28)20(30)26-16(22(32)33)9-12(4)5/h11-16,18H,7-10,23H2,1-6H3,(H2,24,28)(H,25,31)(H,26,30)(H,27,29)(H,32,33). The summed E-state index contributed by atoms with van der Waals surface area (Å²) in [6, 6.07) is -4.39. The molecule has 5 atom stereocenters. The molecule has 0 fully saturated rings. The smallest absolute Gasteiger partial charge is 0.326 e. The molecule has 0 saturated carbocycles. The third-order valence-electron chi connectivity index (χ3n) is 5.22. The molecule has 11 nitrogen and oxygen atoms in total. The van der Waals surface area contributed by atoms with Gasteiger partial charge in [0.2, 0.25) is 23.6 Å². The molecule has 8 N–H and O–H groups in total. The zero-order valence-electron chi connectivity index (χ0n) is 20.5. The first-order valence-corrected chi connectivity index (χ1v) is 11.4. The van der Waals surface area contributed by atoms with Crippen molar-refractivity contribution in [3.05, 3.63) is 0 Å². The van der Waals surface area contributed by atoms with Gasteiger partial charge in [-0.15, -0.1) is 0 Å². The Morgan fingerprint density at radius 1 is 0.788 bits per heavy atom. The topological polar surface area (TPSA) is 194 Å². The zero-order valence-corrected chi connectivity index (χ0v) is 20.5. The van der Waals surface area contributed by atoms with Gasteiger partial charge in [0.1, 0.15) is 18.1 Å². The fourth-order valence-corrected chi connectivity index (χ4v) is 3.21. The Morgan fingerprint density at radius 3 is 1.73 bits per heavy atom. The summed E-state index contributed by atoms with van der Waals surface area (Å²) in [5.41, 5.74) is 11.2. The van der Waals surface area contributed by atoms with Gasteiger partial charge >= 0.3 is 5.97 Å². The quantitative estimate of drug-likeness (QED) is 0.191. The highest BCUT2D eigenvalue weighted by molar-refractivity contribution is 5.96. The number of nitrogens with two attached hydrogens (primary N) is 2. The van der Waals surface area contributed by atoms with Gasteiger partial charge in [-0.3, -0.25) is 19.2 Å². The molecule has 0 aliphatic heterocycles. The summed E-state index contributed by atoms with van der Waals surface area (Å²) in [7, 11) is 0. The normalized spacial score (nSPS) is 15.8. The Hall–Kier alpha value is -2.69. The Balaban J connectivity index is 5.57. The monoisotopic (exact) mass is 471 g/mol. The summed E-state index contributed by atoms with van der Waals surface area (Å²) in [5.74, 6) is -4.26. The molecule has 0 saturated heterocycles. The van der Waals surface area contributed by atoms with Crippen LogP contribution in [0.5, 0.6) is 0 Å². The zero-order chi connectivity index (χ0) is 25.9. The van der Waals surface area contributed by atoms with Crippen molar-refractivity contribution in [3.8, 4) is 0 Å². The first kappa shape index (κ1) is 30.3. The summed E-state index contributed by atoms with van der Waals surface area (Å²) in [5, 5.41) is 16.8. The largest absolute Gasteiger partial charge is 0.480 e. The predicted octanol–water partition coefficient (Wildman–Crippen LogP) is -0.134. The van der Waals surface area contributed by atoms with E-state index in [0.29, 0.717) is 12.8 Å². The van der Waals surface area contributed by atoms with Crippen LogP contribution in [-0.2, 0) is 24.0 Å². The van der Waals surface area contributed by atoms with Crippen LogP contribution in [-0.4, -0.2) is 58.9 Å². The fourth-order valence-electron chi connectivity index (χ4n) is 3.21. The average Bonchev–Trinajstić information content (AvgIpc) is 2.68. The molecule has 11 heteroatoms. The Bertz CT molecular complexity index is 697. The third-order valence-corrected chi connectivity index (χ3v) is 5.22. The number of nitrogens with one attached hydrogen (secondary N) is 3. The van der Waals surface area contributed by atoms with E-state index in [9.17, 15) is 29.1 Å². The van der Waals surface area contributed by atoms with Crippen molar-refractivity contribution in [1.82, 2.24) is 16.0 Å². The van der Waals surface area contributed by atoms with Crippen molar-refractivity contribution in [2.75, 3.05) is 0 Å². The molecule has 5 unspecified atom stereocenters. The molecule has 0 aromatic heterocycles. The third kappa shape index (κ3) is 11.7. The van der Waals surface area contributed by atoms with Crippen LogP contribution >= 0.6 is 0 Å². The molecule has 0 spiro atoms. The van der Waals surface area contributed by atoms with Crippen LogP contribution < -0.4 is 27.4 Å². The highest BCUT2D eigenvalue weighted by Crippen LogP contribution is 2.11. The van der Waals surface area contributed by atoms with Gasteiger partial charge in [-0.1, -0.05) is 48.0 Å². The number of hydrogen-bond acceptors (Lipinski definition) is 6. The number of aliphatic carboxylic acids is 1. The van der Waals surface area contributed by atoms with Crippen LogP contribution in [0.4, 0.5) is 0 Å². The van der Waals surface area contributed by atoms with Crippen LogP contribution in [0.1, 0.15) is 67.2 Å². The lowest BCUT2D eigenvalue weighted by molar-refractivity contribution is -0.143. The lowest BCUT2D eigenvalue weighted by Crippen LogP contribution is -2.59. The number of carboxylic acid groups (broad SMARTS) is 1. The van der Waals surface area contributed by atoms with Crippen LogP contribution in [0.15, 0.2) is 0 Å². The van der Waals surface area contributed by atoms with Gasteiger partial charge in [-0.05, 0) is 30.6 Å². The minimum atomic E-state index is -1.39. The molecule has 0 aromatic rings. The highest BCUT2D eigenvalue weighted by Gasteiger charge is 2.33. The summed E-state index contributed by atoms with van der Waals surface area (Å²) in [6.07, 6.45) is 0.608. The molecule has 0 radical (unpaired) electrons. The van der Waals surface area contributed by atoms with Gasteiger partial charge in [-0.25, -0.2) is 4.79 Å². The van der Waals surface area contributed by atoms with Gasteiger partial charge in [0.05, 0.1) is 12.5 Å². The van der Waals surface area contributed by atoms with Crippen molar-refractivity contribution in [1.29, 1.82) is 0 Å². The van der Waals surface area contributed by atoms with Gasteiger partial charge in [0.15, 0.2) is 0 Å². The van der Waals surface area contributed by atoms with E-state index in [1.807, 2.05) is 20.8 Å². The Morgan fingerprint density at radius 2 is 1.30 bits per heavy atom. The van der Waals surface area contributed by atoms with Crippen molar-refractivity contribution in [3.63, 3.8) is 0 Å². The highest BCUT2D eigenvalue weighted by atomic mass is 16.4. The predicted molar refractivity (Wildman–Crippen MR) is 124 cm³/mol. The minimum Gasteiger partial charge on any atom is -0.480 e. The molecule has 4 amide bonds. The molecule has 0 heterocycles. The second kappa shape index (κ2) is 14.5. The fraction of sp³-hybridized carbons (Fsp3) is 0.773. The number of carboxylic acids is 1. The number of carbonyl (C=O) groups excluding carboxylic acids is 4. The van der Waals surface area contributed by atoms with Gasteiger partial charge in [0, 0.05) is 0 Å². The maximum absolute atomic E-state index is 13.0. The lowest BCUT2D eigenvalue weighted by atomic mass is 9.96. The van der Waals surface area contributed by atoms with Gasteiger partial charge in [-0.2, -0.15) is 0 Å². The lowest BCUT2D eigenvalue weighted by Gasteiger charge is -2.28. The van der Waals surface area contributed by atoms with Gasteiger partial charge < -0.3 is 32.5 Å². The van der Waals surface area contributed by atoms with E-state index >= 15 is 0 Å². The summed E-state index contributed by atoms with van der Waals surface area (Å²) in [6.45, 7) is 11.0. The van der Waals surface area contributed by atoms with Crippen LogP contribution in [0.2, 0.25) is 0 Å². The first-order chi connectivity index (χ1) is 15.2.